The quantitative estimate of drug-likeness (QED) is 0.462. The van der Waals surface area contributed by atoms with Crippen LogP contribution in [0.4, 0.5) is 10.1 Å². The van der Waals surface area contributed by atoms with Gasteiger partial charge in [0.2, 0.25) is 0 Å². The van der Waals surface area contributed by atoms with Gasteiger partial charge >= 0.3 is 0 Å². The van der Waals surface area contributed by atoms with Gasteiger partial charge in [-0.2, -0.15) is 0 Å². The van der Waals surface area contributed by atoms with Crippen LogP contribution in [0.25, 0.3) is 10.9 Å². The van der Waals surface area contributed by atoms with Crippen molar-refractivity contribution in [3.8, 4) is 5.75 Å². The molecular weight excluding hydrogens is 385 g/mol. The van der Waals surface area contributed by atoms with Crippen molar-refractivity contribution in [1.82, 2.24) is 4.57 Å². The minimum Gasteiger partial charge on any atom is -0.492 e. The number of anilines is 1. The number of Topliss-reactive ketones (excluding diaryl/α,β-unsaturated/α-hetero) is 1. The third kappa shape index (κ3) is 2.97. The highest BCUT2D eigenvalue weighted by Gasteiger charge is 2.38. The fourth-order valence-electron chi connectivity index (χ4n) is 5.54. The zero-order valence-electron chi connectivity index (χ0n) is 17.5. The zero-order chi connectivity index (χ0) is 21.0. The Labute approximate surface area is 174 Å². The van der Waals surface area contributed by atoms with Gasteiger partial charge in [0.05, 0.1) is 18.2 Å². The normalized spacial score (nSPS) is 24.4. The van der Waals surface area contributed by atoms with Crippen LogP contribution in [0, 0.1) is 17.7 Å². The molecule has 1 aromatic heterocycles. The van der Waals surface area contributed by atoms with Crippen molar-refractivity contribution in [2.45, 2.75) is 51.5 Å². The van der Waals surface area contributed by atoms with E-state index in [0.29, 0.717) is 39.7 Å². The van der Waals surface area contributed by atoms with E-state index in [1.165, 1.54) is 38.7 Å². The number of carbonyl (C=O) groups excluding carboxylic acids is 1. The summed E-state index contributed by atoms with van der Waals surface area (Å²) in [6.07, 6.45) is 8.65. The number of ketones is 1. The summed E-state index contributed by atoms with van der Waals surface area (Å²) >= 11 is 0. The average Bonchev–Trinajstić information content (AvgIpc) is 3.49. The molecule has 2 atom stereocenters. The first-order chi connectivity index (χ1) is 14.5. The van der Waals surface area contributed by atoms with Crippen LogP contribution in [0.1, 0.15) is 61.8 Å². The van der Waals surface area contributed by atoms with Gasteiger partial charge in [-0.25, -0.2) is 4.39 Å². The molecule has 30 heavy (non-hydrogen) atoms. The molecule has 0 unspecified atom stereocenters. The predicted molar refractivity (Wildman–Crippen MR) is 112 cm³/mol. The molecule has 3 fully saturated rings. The summed E-state index contributed by atoms with van der Waals surface area (Å²) in [5.41, 5.74) is 1.48. The number of halogens is 1. The number of pyridine rings is 1. The molecule has 3 aliphatic rings. The second kappa shape index (κ2) is 7.29. The first-order valence-corrected chi connectivity index (χ1v) is 10.9. The number of benzene rings is 1. The van der Waals surface area contributed by atoms with Crippen molar-refractivity contribution in [3.05, 3.63) is 29.0 Å². The lowest BCUT2D eigenvalue weighted by Crippen LogP contribution is -2.24. The zero-order valence-corrected chi connectivity index (χ0v) is 17.5. The lowest BCUT2D eigenvalue weighted by Gasteiger charge is -2.25. The van der Waals surface area contributed by atoms with Crippen molar-refractivity contribution >= 4 is 22.4 Å². The van der Waals surface area contributed by atoms with Crippen molar-refractivity contribution < 1.29 is 19.1 Å². The second-order valence-corrected chi connectivity index (χ2v) is 9.03. The van der Waals surface area contributed by atoms with Crippen LogP contribution < -0.4 is 15.0 Å². The Balaban J connectivity index is 1.76. The Morgan fingerprint density at radius 1 is 1.20 bits per heavy atom. The van der Waals surface area contributed by atoms with Gasteiger partial charge in [-0.3, -0.25) is 4.79 Å². The molecule has 2 saturated carbocycles. The number of rotatable bonds is 4. The lowest BCUT2D eigenvalue weighted by molar-refractivity contribution is 0.101. The molecule has 5 rings (SSSR count). The maximum absolute atomic E-state index is 15.6. The largest absolute Gasteiger partial charge is 0.492 e. The standard InChI is InChI=1S/C23H28FN3O3/c1-13(28)18-12-27(16-7-8-16)21-17(20(18)25-29)9-19(24)22(23(21)30-2)26-10-14-5-3-4-6-15(14)11-26/h9,12,14-16,29H,3-8,10-11H2,1-2H3/b25-20+/t14-,15+. The van der Waals surface area contributed by atoms with Crippen LogP contribution in [0.3, 0.4) is 0 Å². The van der Waals surface area contributed by atoms with Crippen LogP contribution in [0.2, 0.25) is 0 Å². The van der Waals surface area contributed by atoms with Gasteiger partial charge < -0.3 is 19.4 Å². The Kier molecular flexibility index (Phi) is 4.71. The summed E-state index contributed by atoms with van der Waals surface area (Å²) < 4.78 is 23.4. The highest BCUT2D eigenvalue weighted by atomic mass is 19.1. The van der Waals surface area contributed by atoms with Gasteiger partial charge in [-0.05, 0) is 50.5 Å². The Bertz CT molecular complexity index is 1080. The summed E-state index contributed by atoms with van der Waals surface area (Å²) in [6.45, 7) is 3.12. The van der Waals surface area contributed by atoms with Gasteiger partial charge in [0.1, 0.15) is 11.0 Å². The molecule has 1 N–H and O–H groups in total. The van der Waals surface area contributed by atoms with E-state index in [-0.39, 0.29) is 17.2 Å². The van der Waals surface area contributed by atoms with E-state index in [1.54, 1.807) is 13.3 Å². The molecule has 160 valence electrons. The maximum Gasteiger partial charge on any atom is 0.169 e. The molecule has 2 heterocycles. The number of carbonyl (C=O) groups is 1. The van der Waals surface area contributed by atoms with Crippen molar-refractivity contribution in [3.63, 3.8) is 0 Å². The monoisotopic (exact) mass is 413 g/mol. The predicted octanol–water partition coefficient (Wildman–Crippen LogP) is 4.24. The Morgan fingerprint density at radius 2 is 1.87 bits per heavy atom. The summed E-state index contributed by atoms with van der Waals surface area (Å²) in [5.74, 6) is 1.07. The number of fused-ring (bicyclic) bond motifs is 2. The molecule has 0 amide bonds. The SMILES string of the molecule is COc1c(N2C[C@H]3CCCC[C@H]3C2)c(F)cc2/c(=N\O)c(C(C)=O)cn(C3CC3)c12. The van der Waals surface area contributed by atoms with Crippen molar-refractivity contribution in [2.75, 3.05) is 25.1 Å². The van der Waals surface area contributed by atoms with Crippen LogP contribution in [-0.2, 0) is 0 Å². The number of hydrogen-bond acceptors (Lipinski definition) is 5. The fourth-order valence-corrected chi connectivity index (χ4v) is 5.54. The average molecular weight is 413 g/mol. The smallest absolute Gasteiger partial charge is 0.169 e. The van der Waals surface area contributed by atoms with Gasteiger partial charge in [-0.15, -0.1) is 0 Å². The van der Waals surface area contributed by atoms with Crippen molar-refractivity contribution in [2.24, 2.45) is 17.0 Å². The van der Waals surface area contributed by atoms with Crippen molar-refractivity contribution in [1.29, 1.82) is 0 Å². The summed E-state index contributed by atoms with van der Waals surface area (Å²) in [6, 6.07) is 1.65. The van der Waals surface area contributed by atoms with E-state index in [9.17, 15) is 10.0 Å². The van der Waals surface area contributed by atoms with E-state index in [2.05, 4.69) is 10.1 Å². The molecule has 0 bridgehead atoms. The highest BCUT2D eigenvalue weighted by molar-refractivity contribution is 5.99. The summed E-state index contributed by atoms with van der Waals surface area (Å²) in [4.78, 5) is 14.3. The van der Waals surface area contributed by atoms with Gasteiger partial charge in [0.25, 0.3) is 0 Å². The van der Waals surface area contributed by atoms with Crippen LogP contribution in [-0.4, -0.2) is 35.8 Å². The number of hydrogen-bond donors (Lipinski definition) is 1. The summed E-state index contributed by atoms with van der Waals surface area (Å²) in [5, 5.41) is 13.6. The molecule has 2 aliphatic carbocycles. The molecule has 1 aliphatic heterocycles. The fraction of sp³-hybridized carbons (Fsp3) is 0.565. The number of nitrogens with zero attached hydrogens (tertiary/aromatic N) is 3. The molecule has 2 aromatic rings. The molecule has 6 nitrogen and oxygen atoms in total. The third-order valence-electron chi connectivity index (χ3n) is 7.14. The molecule has 1 saturated heterocycles. The highest BCUT2D eigenvalue weighted by Crippen LogP contribution is 2.46. The minimum absolute atomic E-state index is 0.105. The first kappa shape index (κ1) is 19.4. The lowest BCUT2D eigenvalue weighted by atomic mass is 9.82. The molecular formula is C23H28FN3O3. The minimum atomic E-state index is -0.397. The van der Waals surface area contributed by atoms with Crippen LogP contribution >= 0.6 is 0 Å². The topological polar surface area (TPSA) is 67.1 Å². The second-order valence-electron chi connectivity index (χ2n) is 9.03. The molecule has 0 spiro atoms. The van der Waals surface area contributed by atoms with E-state index in [4.69, 9.17) is 4.74 Å². The van der Waals surface area contributed by atoms with Gasteiger partial charge in [0, 0.05) is 30.7 Å². The maximum atomic E-state index is 15.6. The van der Waals surface area contributed by atoms with Gasteiger partial charge in [0.15, 0.2) is 17.3 Å². The van der Waals surface area contributed by atoms with Crippen LogP contribution in [0.15, 0.2) is 17.4 Å². The number of aromatic nitrogens is 1. The Hall–Kier alpha value is -2.57. The number of methoxy groups -OCH3 is 1. The van der Waals surface area contributed by atoms with Gasteiger partial charge in [-0.1, -0.05) is 18.0 Å². The third-order valence-corrected chi connectivity index (χ3v) is 7.14. The molecule has 0 radical (unpaired) electrons. The van der Waals surface area contributed by atoms with Crippen LogP contribution in [0.5, 0.6) is 5.75 Å². The van der Waals surface area contributed by atoms with E-state index in [1.807, 2.05) is 4.57 Å². The summed E-state index contributed by atoms with van der Waals surface area (Å²) in [7, 11) is 1.56. The first-order valence-electron chi connectivity index (χ1n) is 10.9. The Morgan fingerprint density at radius 3 is 2.40 bits per heavy atom. The molecule has 7 heteroatoms. The van der Waals surface area contributed by atoms with E-state index < -0.39 is 5.82 Å². The number of ether oxygens (including phenoxy) is 1. The molecule has 1 aromatic carbocycles. The van der Waals surface area contributed by atoms with E-state index >= 15 is 4.39 Å². The van der Waals surface area contributed by atoms with E-state index in [0.717, 1.165) is 25.9 Å².